The molecule has 0 aliphatic heterocycles. The van der Waals surface area contributed by atoms with Gasteiger partial charge in [0.05, 0.1) is 0 Å². The van der Waals surface area contributed by atoms with E-state index in [-0.39, 0.29) is 0 Å². The van der Waals surface area contributed by atoms with E-state index in [4.69, 9.17) is 92.8 Å². The molecule has 0 aromatic heterocycles. The van der Waals surface area contributed by atoms with E-state index in [0.717, 1.165) is 14.3 Å². The van der Waals surface area contributed by atoms with Crippen molar-refractivity contribution in [1.82, 2.24) is 0 Å². The molecule has 33 heavy (non-hydrogen) atoms. The Kier molecular flexibility index (Phi) is 8.33. The van der Waals surface area contributed by atoms with E-state index in [1.165, 1.54) is 0 Å². The van der Waals surface area contributed by atoms with Crippen molar-refractivity contribution in [2.75, 3.05) is 0 Å². The van der Waals surface area contributed by atoms with Crippen LogP contribution in [0.25, 0.3) is 0 Å². The van der Waals surface area contributed by atoms with E-state index in [1.54, 1.807) is 24.3 Å². The van der Waals surface area contributed by atoms with Gasteiger partial charge in [-0.15, -0.1) is 0 Å². The molecular weight excluding hydrogens is 691 g/mol. The van der Waals surface area contributed by atoms with Crippen LogP contribution in [0, 0.1) is 0 Å². The maximum atomic E-state index is 6.51. The normalized spacial score (nSPS) is 11.6. The molecule has 4 aromatic carbocycles. The van der Waals surface area contributed by atoms with Crippen molar-refractivity contribution in [3.05, 3.63) is 113 Å². The van der Waals surface area contributed by atoms with Crippen molar-refractivity contribution in [3.8, 4) is 0 Å². The Hall–Kier alpha value is -0.00130. The van der Waals surface area contributed by atoms with Crippen LogP contribution < -0.4 is 14.3 Å². The van der Waals surface area contributed by atoms with Gasteiger partial charge in [0.2, 0.25) is 0 Å². The van der Waals surface area contributed by atoms with Gasteiger partial charge >= 0.3 is 238 Å². The van der Waals surface area contributed by atoms with Crippen molar-refractivity contribution < 1.29 is 0 Å². The van der Waals surface area contributed by atoms with Gasteiger partial charge in [-0.1, -0.05) is 0 Å². The second-order valence-electron chi connectivity index (χ2n) is 7.27. The van der Waals surface area contributed by atoms with E-state index < -0.39 is 18.4 Å². The molecule has 0 fully saturated rings. The third-order valence-electron chi connectivity index (χ3n) is 5.41. The summed E-state index contributed by atoms with van der Waals surface area (Å²) in [6, 6.07) is 22.7. The van der Waals surface area contributed by atoms with Crippen LogP contribution in [0.3, 0.4) is 0 Å². The zero-order valence-corrected chi connectivity index (χ0v) is 25.4. The first-order valence-electron chi connectivity index (χ1n) is 9.46. The zero-order chi connectivity index (χ0) is 23.9. The van der Waals surface area contributed by atoms with Gasteiger partial charge in [-0.3, -0.25) is 0 Å². The van der Waals surface area contributed by atoms with Crippen LogP contribution in [-0.4, -0.2) is 18.4 Å². The first kappa shape index (κ1) is 26.1. The average Bonchev–Trinajstić information content (AvgIpc) is 2.78. The SMILES string of the molecule is Clc1cc[c]([Sn]([c]2ccc(Cl)c(Cl)c2)([c]2ccc(Cl)c(Cl)c2)[c]2ccc(Cl)c(Cl)c2)cc1Cl. The molecule has 0 bridgehead atoms. The Morgan fingerprint density at radius 1 is 0.303 bits per heavy atom. The molecule has 4 rings (SSSR count). The fraction of sp³-hybridized carbons (Fsp3) is 0. The van der Waals surface area contributed by atoms with Gasteiger partial charge in [0.25, 0.3) is 0 Å². The van der Waals surface area contributed by atoms with E-state index in [9.17, 15) is 0 Å². The van der Waals surface area contributed by atoms with Gasteiger partial charge in [0, 0.05) is 0 Å². The summed E-state index contributed by atoms with van der Waals surface area (Å²) >= 11 is 47.0. The van der Waals surface area contributed by atoms with E-state index in [1.807, 2.05) is 48.5 Å². The number of hydrogen-bond acceptors (Lipinski definition) is 0. The van der Waals surface area contributed by atoms with Gasteiger partial charge in [-0.2, -0.15) is 0 Å². The van der Waals surface area contributed by atoms with Crippen molar-refractivity contribution in [3.63, 3.8) is 0 Å². The zero-order valence-electron chi connectivity index (χ0n) is 16.5. The summed E-state index contributed by atoms with van der Waals surface area (Å²) in [4.78, 5) is 0. The molecular formula is C24H12Cl8Sn. The molecule has 0 nitrogen and oxygen atoms in total. The molecule has 0 aliphatic rings. The molecule has 0 saturated carbocycles. The van der Waals surface area contributed by atoms with Crippen molar-refractivity contribution in [2.24, 2.45) is 0 Å². The van der Waals surface area contributed by atoms with Gasteiger partial charge in [-0.25, -0.2) is 0 Å². The Balaban J connectivity index is 2.21. The summed E-state index contributed by atoms with van der Waals surface area (Å²) in [5, 5.41) is 3.59. The number of hydrogen-bond donors (Lipinski definition) is 0. The second-order valence-corrected chi connectivity index (χ2v) is 21.4. The Morgan fingerprint density at radius 2 is 0.515 bits per heavy atom. The monoisotopic (exact) mass is 700 g/mol. The molecule has 0 saturated heterocycles. The third-order valence-corrected chi connectivity index (χ3v) is 21.8. The van der Waals surface area contributed by atoms with Gasteiger partial charge < -0.3 is 0 Å². The summed E-state index contributed by atoms with van der Waals surface area (Å²) in [6.45, 7) is 0. The van der Waals surface area contributed by atoms with Crippen molar-refractivity contribution in [2.45, 2.75) is 0 Å². The van der Waals surface area contributed by atoms with E-state index >= 15 is 0 Å². The molecule has 0 spiro atoms. The second kappa shape index (κ2) is 10.5. The van der Waals surface area contributed by atoms with Crippen LogP contribution in [-0.2, 0) is 0 Å². The number of benzene rings is 4. The first-order valence-corrected chi connectivity index (χ1v) is 18.2. The van der Waals surface area contributed by atoms with Crippen LogP contribution in [0.2, 0.25) is 40.2 Å². The Morgan fingerprint density at radius 3 is 0.697 bits per heavy atom. The van der Waals surface area contributed by atoms with Crippen molar-refractivity contribution >= 4 is 126 Å². The summed E-state index contributed by atoms with van der Waals surface area (Å²) < 4.78 is 4.03. The number of halogens is 8. The topological polar surface area (TPSA) is 0 Å². The third kappa shape index (κ3) is 4.99. The van der Waals surface area contributed by atoms with Crippen molar-refractivity contribution in [1.29, 1.82) is 0 Å². The van der Waals surface area contributed by atoms with Crippen LogP contribution in [0.15, 0.2) is 72.8 Å². The maximum absolute atomic E-state index is 6.51. The van der Waals surface area contributed by atoms with Crippen LogP contribution in [0.5, 0.6) is 0 Å². The quantitative estimate of drug-likeness (QED) is 0.188. The summed E-state index contributed by atoms with van der Waals surface area (Å²) in [5.74, 6) is 0. The van der Waals surface area contributed by atoms with E-state index in [2.05, 4.69) is 0 Å². The molecule has 0 radical (unpaired) electrons. The standard InChI is InChI=1S/4C6H3Cl2.Sn/c4*7-5-3-1-2-4-6(5)8;/h4*1,3-4H;. The van der Waals surface area contributed by atoms with Gasteiger partial charge in [-0.05, 0) is 0 Å². The molecule has 9 heteroatoms. The molecule has 0 atom stereocenters. The minimum absolute atomic E-state index is 0.440. The molecule has 0 unspecified atom stereocenters. The summed E-state index contributed by atoms with van der Waals surface area (Å²) in [7, 11) is 0. The van der Waals surface area contributed by atoms with E-state index in [0.29, 0.717) is 40.2 Å². The average molecular weight is 703 g/mol. The fourth-order valence-electron chi connectivity index (χ4n) is 3.92. The molecule has 0 N–H and O–H groups in total. The number of rotatable bonds is 4. The molecule has 168 valence electrons. The van der Waals surface area contributed by atoms with Gasteiger partial charge in [0.1, 0.15) is 0 Å². The minimum atomic E-state index is -4.18. The Bertz CT molecular complexity index is 1160. The Labute approximate surface area is 236 Å². The predicted octanol–water partition coefficient (Wildman–Crippen LogP) is 8.29. The summed E-state index contributed by atoms with van der Waals surface area (Å²) in [6.07, 6.45) is 0. The predicted molar refractivity (Wildman–Crippen MR) is 150 cm³/mol. The van der Waals surface area contributed by atoms with Gasteiger partial charge in [0.15, 0.2) is 0 Å². The summed E-state index contributed by atoms with van der Waals surface area (Å²) in [5.41, 5.74) is 0. The first-order chi connectivity index (χ1) is 15.6. The van der Waals surface area contributed by atoms with Crippen LogP contribution in [0.1, 0.15) is 0 Å². The molecule has 0 amide bonds. The molecule has 0 aliphatic carbocycles. The molecule has 0 heterocycles. The van der Waals surface area contributed by atoms with Crippen LogP contribution in [0.4, 0.5) is 0 Å². The van der Waals surface area contributed by atoms with Crippen LogP contribution >= 0.6 is 92.8 Å². The molecule has 4 aromatic rings. The fourth-order valence-corrected chi connectivity index (χ4v) is 19.8.